The van der Waals surface area contributed by atoms with Crippen LogP contribution < -0.4 is 0 Å². The fourth-order valence-electron chi connectivity index (χ4n) is 1.37. The Morgan fingerprint density at radius 3 is 2.63 bits per heavy atom. The number of carboxylic acid groups (broad SMARTS) is 1. The van der Waals surface area contributed by atoms with Crippen molar-refractivity contribution in [3.8, 4) is 11.5 Å². The lowest BCUT2D eigenvalue weighted by Gasteiger charge is -2.00. The number of rotatable bonds is 3. The van der Waals surface area contributed by atoms with Gasteiger partial charge in [0.2, 0.25) is 11.7 Å². The summed E-state index contributed by atoms with van der Waals surface area (Å²) in [5, 5.41) is 19.1. The zero-order valence-electron chi connectivity index (χ0n) is 8.96. The third kappa shape index (κ3) is 2.12. The third-order valence-corrected chi connectivity index (χ3v) is 2.20. The molecule has 0 aliphatic rings. The highest BCUT2D eigenvalue weighted by atomic mass is 19.1. The SMILES string of the molecule is O=C(O)c1coc(-c2c(F)ccc([N+](=O)[O-])c2F)n1. The maximum atomic E-state index is 13.8. The van der Waals surface area contributed by atoms with Gasteiger partial charge in [0.15, 0.2) is 5.69 Å². The Morgan fingerprint density at radius 2 is 2.11 bits per heavy atom. The number of aromatic carboxylic acids is 1. The number of aromatic nitrogens is 1. The van der Waals surface area contributed by atoms with Crippen LogP contribution in [0.4, 0.5) is 14.5 Å². The van der Waals surface area contributed by atoms with Crippen LogP contribution in [0, 0.1) is 21.7 Å². The van der Waals surface area contributed by atoms with Crippen LogP contribution in [0.1, 0.15) is 10.5 Å². The Balaban J connectivity index is 2.63. The van der Waals surface area contributed by atoms with Crippen molar-refractivity contribution < 1.29 is 28.0 Å². The van der Waals surface area contributed by atoms with E-state index >= 15 is 0 Å². The van der Waals surface area contributed by atoms with E-state index in [9.17, 15) is 23.7 Å². The maximum Gasteiger partial charge on any atom is 0.357 e. The van der Waals surface area contributed by atoms with Gasteiger partial charge in [-0.1, -0.05) is 0 Å². The Labute approximate surface area is 103 Å². The van der Waals surface area contributed by atoms with Gasteiger partial charge in [-0.25, -0.2) is 14.2 Å². The molecule has 0 aliphatic heterocycles. The summed E-state index contributed by atoms with van der Waals surface area (Å²) < 4.78 is 31.8. The van der Waals surface area contributed by atoms with Gasteiger partial charge in [0.25, 0.3) is 0 Å². The molecule has 0 bridgehead atoms. The van der Waals surface area contributed by atoms with E-state index in [1.807, 2.05) is 0 Å². The minimum Gasteiger partial charge on any atom is -0.476 e. The highest BCUT2D eigenvalue weighted by molar-refractivity contribution is 5.85. The van der Waals surface area contributed by atoms with Crippen molar-refractivity contribution >= 4 is 11.7 Å². The molecule has 0 atom stereocenters. The molecule has 2 aromatic rings. The third-order valence-electron chi connectivity index (χ3n) is 2.20. The molecule has 1 N–H and O–H groups in total. The van der Waals surface area contributed by atoms with E-state index in [2.05, 4.69) is 9.40 Å². The summed E-state index contributed by atoms with van der Waals surface area (Å²) in [5.74, 6) is -4.77. The molecule has 98 valence electrons. The number of carboxylic acids is 1. The number of nitro benzene ring substituents is 1. The van der Waals surface area contributed by atoms with E-state index in [0.29, 0.717) is 18.4 Å². The minimum absolute atomic E-state index is 0.569. The topological polar surface area (TPSA) is 106 Å². The van der Waals surface area contributed by atoms with Gasteiger partial charge in [0.05, 0.1) is 4.92 Å². The van der Waals surface area contributed by atoms with E-state index in [-0.39, 0.29) is 0 Å². The van der Waals surface area contributed by atoms with Crippen molar-refractivity contribution in [2.75, 3.05) is 0 Å². The smallest absolute Gasteiger partial charge is 0.357 e. The van der Waals surface area contributed by atoms with E-state index in [1.165, 1.54) is 0 Å². The predicted octanol–water partition coefficient (Wildman–Crippen LogP) is 2.23. The number of oxazole rings is 1. The predicted molar refractivity (Wildman–Crippen MR) is 55.5 cm³/mol. The molecule has 0 saturated carbocycles. The largest absolute Gasteiger partial charge is 0.476 e. The first-order valence-electron chi connectivity index (χ1n) is 4.73. The average Bonchev–Trinajstić information content (AvgIpc) is 2.78. The quantitative estimate of drug-likeness (QED) is 0.676. The zero-order chi connectivity index (χ0) is 14.2. The van der Waals surface area contributed by atoms with Gasteiger partial charge in [-0.3, -0.25) is 10.1 Å². The molecule has 0 aliphatic carbocycles. The van der Waals surface area contributed by atoms with Crippen molar-refractivity contribution in [2.45, 2.75) is 0 Å². The molecule has 2 rings (SSSR count). The van der Waals surface area contributed by atoms with E-state index in [0.717, 1.165) is 0 Å². The summed E-state index contributed by atoms with van der Waals surface area (Å²) in [5.41, 5.74) is -2.42. The Kier molecular flexibility index (Phi) is 2.95. The standard InChI is InChI=1S/C10H4F2N2O5/c11-4-1-2-6(14(17)18)8(12)7(4)9-13-5(3-19-9)10(15)16/h1-3H,(H,15,16). The van der Waals surface area contributed by atoms with Crippen molar-refractivity contribution in [1.82, 2.24) is 4.98 Å². The summed E-state index contributed by atoms with van der Waals surface area (Å²) >= 11 is 0. The van der Waals surface area contributed by atoms with Gasteiger partial charge in [0, 0.05) is 6.07 Å². The molecule has 0 fully saturated rings. The van der Waals surface area contributed by atoms with E-state index in [4.69, 9.17) is 5.11 Å². The second-order valence-electron chi connectivity index (χ2n) is 3.36. The number of carbonyl (C=O) groups is 1. The molecule has 0 amide bonds. The van der Waals surface area contributed by atoms with Crippen LogP contribution in [-0.2, 0) is 0 Å². The number of halogens is 2. The van der Waals surface area contributed by atoms with Crippen LogP contribution in [0.15, 0.2) is 22.8 Å². The summed E-state index contributed by atoms with van der Waals surface area (Å²) in [6, 6.07) is 1.32. The lowest BCUT2D eigenvalue weighted by atomic mass is 10.1. The highest BCUT2D eigenvalue weighted by Gasteiger charge is 2.26. The van der Waals surface area contributed by atoms with Crippen molar-refractivity contribution in [3.63, 3.8) is 0 Å². The Bertz CT molecular complexity index is 683. The summed E-state index contributed by atoms with van der Waals surface area (Å²) in [6.45, 7) is 0. The van der Waals surface area contributed by atoms with Gasteiger partial charge in [-0.15, -0.1) is 0 Å². The Hall–Kier alpha value is -2.84. The van der Waals surface area contributed by atoms with Gasteiger partial charge >= 0.3 is 11.7 Å². The monoisotopic (exact) mass is 270 g/mol. The van der Waals surface area contributed by atoms with Crippen molar-refractivity contribution in [1.29, 1.82) is 0 Å². The molecule has 0 saturated heterocycles. The van der Waals surface area contributed by atoms with E-state index in [1.54, 1.807) is 0 Å². The maximum absolute atomic E-state index is 13.8. The first kappa shape index (κ1) is 12.6. The van der Waals surface area contributed by atoms with Gasteiger partial charge < -0.3 is 9.52 Å². The molecule has 1 aromatic carbocycles. The summed E-state index contributed by atoms with van der Waals surface area (Å²) in [7, 11) is 0. The molecule has 1 heterocycles. The molecule has 0 spiro atoms. The second-order valence-corrected chi connectivity index (χ2v) is 3.36. The highest BCUT2D eigenvalue weighted by Crippen LogP contribution is 2.31. The van der Waals surface area contributed by atoms with Crippen LogP contribution >= 0.6 is 0 Å². The fraction of sp³-hybridized carbons (Fsp3) is 0. The molecule has 0 radical (unpaired) electrons. The van der Waals surface area contributed by atoms with Gasteiger partial charge in [0.1, 0.15) is 17.6 Å². The van der Waals surface area contributed by atoms with Gasteiger partial charge in [-0.05, 0) is 6.07 Å². The first-order chi connectivity index (χ1) is 8.91. The minimum atomic E-state index is -1.48. The van der Waals surface area contributed by atoms with Crippen molar-refractivity contribution in [3.05, 3.63) is 45.8 Å². The van der Waals surface area contributed by atoms with Crippen LogP contribution in [0.3, 0.4) is 0 Å². The van der Waals surface area contributed by atoms with Gasteiger partial charge in [-0.2, -0.15) is 4.39 Å². The molecule has 7 nitrogen and oxygen atoms in total. The molecule has 19 heavy (non-hydrogen) atoms. The van der Waals surface area contributed by atoms with Crippen LogP contribution in [-0.4, -0.2) is 21.0 Å². The lowest BCUT2D eigenvalue weighted by molar-refractivity contribution is -0.387. The lowest BCUT2D eigenvalue weighted by Crippen LogP contribution is -1.99. The molecular weight excluding hydrogens is 266 g/mol. The Morgan fingerprint density at radius 1 is 1.42 bits per heavy atom. The van der Waals surface area contributed by atoms with Crippen LogP contribution in [0.25, 0.3) is 11.5 Å². The van der Waals surface area contributed by atoms with E-state index < -0.39 is 45.4 Å². The number of hydrogen-bond donors (Lipinski definition) is 1. The van der Waals surface area contributed by atoms with Crippen LogP contribution in [0.5, 0.6) is 0 Å². The zero-order valence-corrected chi connectivity index (χ0v) is 8.96. The second kappa shape index (κ2) is 4.44. The molecular formula is C10H4F2N2O5. The normalized spacial score (nSPS) is 10.4. The molecule has 1 aromatic heterocycles. The number of benzene rings is 1. The van der Waals surface area contributed by atoms with Crippen LogP contribution in [0.2, 0.25) is 0 Å². The molecule has 0 unspecified atom stereocenters. The molecule has 9 heteroatoms. The van der Waals surface area contributed by atoms with Crippen molar-refractivity contribution in [2.24, 2.45) is 0 Å². The average molecular weight is 270 g/mol. The fourth-order valence-corrected chi connectivity index (χ4v) is 1.37. The number of nitrogens with zero attached hydrogens (tertiary/aromatic N) is 2. The first-order valence-corrected chi connectivity index (χ1v) is 4.73. The number of nitro groups is 1. The number of hydrogen-bond acceptors (Lipinski definition) is 5. The summed E-state index contributed by atoms with van der Waals surface area (Å²) in [6.07, 6.45) is 0.676. The summed E-state index contributed by atoms with van der Waals surface area (Å²) in [4.78, 5) is 23.4.